The minimum absolute atomic E-state index is 0.0584. The van der Waals surface area contributed by atoms with Crippen LogP contribution in [-0.4, -0.2) is 73.2 Å². The Labute approximate surface area is 146 Å². The summed E-state index contributed by atoms with van der Waals surface area (Å²) in [6.07, 6.45) is 0.692. The number of nitrogens with one attached hydrogen (secondary N) is 2. The summed E-state index contributed by atoms with van der Waals surface area (Å²) >= 11 is 0. The number of hydroxylamine groups is 3. The van der Waals surface area contributed by atoms with Crippen LogP contribution in [0.15, 0.2) is 0 Å². The van der Waals surface area contributed by atoms with Gasteiger partial charge in [-0.1, -0.05) is 13.8 Å². The molecule has 2 fully saturated rings. The lowest BCUT2D eigenvalue weighted by molar-refractivity contribution is -0.139. The third-order valence-electron chi connectivity index (χ3n) is 4.41. The Kier molecular flexibility index (Phi) is 6.21. The lowest BCUT2D eigenvalue weighted by Gasteiger charge is -2.29. The van der Waals surface area contributed by atoms with Gasteiger partial charge in [0.05, 0.1) is 12.6 Å². The van der Waals surface area contributed by atoms with Crippen molar-refractivity contribution in [3.8, 4) is 0 Å². The lowest BCUT2D eigenvalue weighted by Crippen LogP contribution is -2.50. The third kappa shape index (κ3) is 4.79. The van der Waals surface area contributed by atoms with Gasteiger partial charge in [0.2, 0.25) is 0 Å². The predicted molar refractivity (Wildman–Crippen MR) is 85.2 cm³/mol. The molecule has 0 aromatic rings. The highest BCUT2D eigenvalue weighted by molar-refractivity contribution is 7.80. The molecular formula is C13H24N4O7S. The molecule has 0 saturated carbocycles. The average Bonchev–Trinajstić information content (AvgIpc) is 2.74. The van der Waals surface area contributed by atoms with Gasteiger partial charge >= 0.3 is 16.4 Å². The first kappa shape index (κ1) is 19.8. The van der Waals surface area contributed by atoms with Gasteiger partial charge in [0, 0.05) is 12.6 Å². The fraction of sp³-hybridized carbons (Fsp3) is 0.846. The van der Waals surface area contributed by atoms with Crippen molar-refractivity contribution in [2.45, 2.75) is 44.8 Å². The SMILES string of the molecule is CNC(CONC(=O)[C@@H]1CC[C@@H]2CN1C(=O)N2OS(=O)(=O)O)C(C)C. The van der Waals surface area contributed by atoms with Crippen LogP contribution in [0.5, 0.6) is 0 Å². The van der Waals surface area contributed by atoms with E-state index in [4.69, 9.17) is 9.39 Å². The first-order valence-electron chi connectivity index (χ1n) is 7.99. The van der Waals surface area contributed by atoms with E-state index in [1.54, 1.807) is 7.05 Å². The molecule has 2 heterocycles. The fourth-order valence-corrected chi connectivity index (χ4v) is 3.37. The first-order valence-corrected chi connectivity index (χ1v) is 9.36. The molecule has 11 nitrogen and oxygen atoms in total. The maximum atomic E-state index is 12.3. The van der Waals surface area contributed by atoms with Crippen LogP contribution < -0.4 is 10.8 Å². The summed E-state index contributed by atoms with van der Waals surface area (Å²) in [5.74, 6) is -0.178. The first-order chi connectivity index (χ1) is 11.6. The van der Waals surface area contributed by atoms with Gasteiger partial charge in [-0.2, -0.15) is 13.5 Å². The molecule has 2 rings (SSSR count). The van der Waals surface area contributed by atoms with Crippen LogP contribution in [-0.2, 0) is 24.3 Å². The van der Waals surface area contributed by atoms with Gasteiger partial charge in [0.15, 0.2) is 0 Å². The van der Waals surface area contributed by atoms with Crippen LogP contribution in [0.25, 0.3) is 0 Å². The molecule has 12 heteroatoms. The Morgan fingerprint density at radius 3 is 2.64 bits per heavy atom. The molecule has 2 saturated heterocycles. The van der Waals surface area contributed by atoms with Gasteiger partial charge in [-0.05, 0) is 25.8 Å². The number of carbonyl (C=O) groups excluding carboxylic acids is 2. The minimum atomic E-state index is -4.81. The maximum absolute atomic E-state index is 12.3. The highest BCUT2D eigenvalue weighted by atomic mass is 32.3. The standard InChI is InChI=1S/C13H24N4O7S/c1-8(2)10(14-3)7-23-15-12(18)11-5-4-9-6-16(11)13(19)17(9)24-25(20,21)22/h8-11,14H,4-7H2,1-3H3,(H,15,18)(H,20,21,22)/t9-,10?,11+/m1/s1. The Morgan fingerprint density at radius 1 is 1.40 bits per heavy atom. The second-order valence-corrected chi connectivity index (χ2v) is 7.43. The molecule has 144 valence electrons. The molecule has 25 heavy (non-hydrogen) atoms. The second kappa shape index (κ2) is 7.83. The number of fused-ring (bicyclic) bond motifs is 2. The number of piperidine rings is 1. The van der Waals surface area contributed by atoms with E-state index < -0.39 is 34.4 Å². The van der Waals surface area contributed by atoms with Crippen molar-refractivity contribution < 1.29 is 31.7 Å². The molecule has 0 aromatic carbocycles. The summed E-state index contributed by atoms with van der Waals surface area (Å²) in [4.78, 5) is 30.9. The van der Waals surface area contributed by atoms with Crippen molar-refractivity contribution in [3.05, 3.63) is 0 Å². The van der Waals surface area contributed by atoms with E-state index in [-0.39, 0.29) is 19.2 Å². The van der Waals surface area contributed by atoms with Gasteiger partial charge in [0.25, 0.3) is 5.91 Å². The van der Waals surface area contributed by atoms with Crippen LogP contribution >= 0.6 is 0 Å². The zero-order valence-electron chi connectivity index (χ0n) is 14.3. The Hall–Kier alpha value is -1.47. The largest absolute Gasteiger partial charge is 0.418 e. The molecule has 3 amide bonds. The quantitative estimate of drug-likeness (QED) is 0.371. The van der Waals surface area contributed by atoms with E-state index in [0.29, 0.717) is 23.8 Å². The molecule has 3 N–H and O–H groups in total. The van der Waals surface area contributed by atoms with E-state index in [0.717, 1.165) is 0 Å². The van der Waals surface area contributed by atoms with Crippen molar-refractivity contribution in [2.24, 2.45) is 5.92 Å². The second-order valence-electron chi connectivity index (χ2n) is 6.43. The van der Waals surface area contributed by atoms with E-state index in [1.807, 2.05) is 13.8 Å². The smallest absolute Gasteiger partial charge is 0.314 e. The summed E-state index contributed by atoms with van der Waals surface area (Å²) in [6, 6.07) is -2.04. The third-order valence-corrected chi connectivity index (χ3v) is 4.76. The highest BCUT2D eigenvalue weighted by Crippen LogP contribution is 2.30. The minimum Gasteiger partial charge on any atom is -0.314 e. The number of carbonyl (C=O) groups is 2. The van der Waals surface area contributed by atoms with Crippen LogP contribution in [0.1, 0.15) is 26.7 Å². The topological polar surface area (TPSA) is 138 Å². The highest BCUT2D eigenvalue weighted by Gasteiger charge is 2.49. The van der Waals surface area contributed by atoms with E-state index in [1.165, 1.54) is 4.90 Å². The van der Waals surface area contributed by atoms with Crippen molar-refractivity contribution >= 4 is 22.3 Å². The van der Waals surface area contributed by atoms with Crippen LogP contribution in [0, 0.1) is 5.92 Å². The summed E-state index contributed by atoms with van der Waals surface area (Å²) in [5.41, 5.74) is 2.34. The zero-order chi connectivity index (χ0) is 18.8. The molecule has 0 radical (unpaired) electrons. The molecule has 0 aromatic heterocycles. The van der Waals surface area contributed by atoms with Gasteiger partial charge in [-0.25, -0.2) is 10.3 Å². The summed E-state index contributed by atoms with van der Waals surface area (Å²) in [6.45, 7) is 4.43. The molecule has 2 aliphatic rings. The fourth-order valence-electron chi connectivity index (χ4n) is 2.98. The lowest BCUT2D eigenvalue weighted by atomic mass is 10.0. The van der Waals surface area contributed by atoms with Crippen molar-refractivity contribution in [1.82, 2.24) is 20.8 Å². The molecule has 2 bridgehead atoms. The van der Waals surface area contributed by atoms with E-state index in [2.05, 4.69) is 15.1 Å². The average molecular weight is 380 g/mol. The molecule has 0 aliphatic carbocycles. The summed E-state index contributed by atoms with van der Waals surface area (Å²) in [5, 5.41) is 3.67. The van der Waals surface area contributed by atoms with Crippen molar-refractivity contribution in [1.29, 1.82) is 0 Å². The van der Waals surface area contributed by atoms with Gasteiger partial charge in [0.1, 0.15) is 6.04 Å². The molecule has 3 atom stereocenters. The van der Waals surface area contributed by atoms with Gasteiger partial charge in [-0.3, -0.25) is 14.2 Å². The molecule has 1 unspecified atom stereocenters. The molecule has 0 spiro atoms. The number of hydrogen-bond acceptors (Lipinski definition) is 7. The van der Waals surface area contributed by atoms with E-state index >= 15 is 0 Å². The maximum Gasteiger partial charge on any atom is 0.418 e. The molecular weight excluding hydrogens is 356 g/mol. The number of hydrogen-bond donors (Lipinski definition) is 3. The number of likely N-dealkylation sites (N-methyl/N-ethyl adjacent to an activating group) is 1. The number of nitrogens with zero attached hydrogens (tertiary/aromatic N) is 2. The Balaban J connectivity index is 1.91. The van der Waals surface area contributed by atoms with Crippen LogP contribution in [0.4, 0.5) is 4.79 Å². The summed E-state index contributed by atoms with van der Waals surface area (Å²) in [7, 11) is -3.01. The Morgan fingerprint density at radius 2 is 2.08 bits per heavy atom. The number of amides is 3. The van der Waals surface area contributed by atoms with Crippen LogP contribution in [0.3, 0.4) is 0 Å². The number of rotatable bonds is 8. The van der Waals surface area contributed by atoms with Gasteiger partial charge < -0.3 is 10.2 Å². The van der Waals surface area contributed by atoms with Crippen molar-refractivity contribution in [2.75, 3.05) is 20.2 Å². The Bertz CT molecular complexity index is 611. The molecule has 2 aliphatic heterocycles. The van der Waals surface area contributed by atoms with Gasteiger partial charge in [-0.15, -0.1) is 4.28 Å². The monoisotopic (exact) mass is 380 g/mol. The zero-order valence-corrected chi connectivity index (χ0v) is 15.2. The van der Waals surface area contributed by atoms with Crippen molar-refractivity contribution in [3.63, 3.8) is 0 Å². The normalized spacial score (nSPS) is 24.8. The van der Waals surface area contributed by atoms with E-state index in [9.17, 15) is 18.0 Å². The summed E-state index contributed by atoms with van der Waals surface area (Å²) < 4.78 is 34.7. The van der Waals surface area contributed by atoms with Crippen LogP contribution in [0.2, 0.25) is 0 Å². The predicted octanol–water partition coefficient (Wildman–Crippen LogP) is -0.719. The number of urea groups is 1.